The molecule has 2 aromatic rings. The van der Waals surface area contributed by atoms with Crippen LogP contribution in [-0.4, -0.2) is 22.5 Å². The van der Waals surface area contributed by atoms with E-state index in [4.69, 9.17) is 5.73 Å². The molecule has 0 aliphatic heterocycles. The summed E-state index contributed by atoms with van der Waals surface area (Å²) >= 11 is 1.50. The van der Waals surface area contributed by atoms with Crippen LogP contribution in [0.4, 0.5) is 0 Å². The van der Waals surface area contributed by atoms with Gasteiger partial charge in [-0.3, -0.25) is 9.78 Å². The average Bonchev–Trinajstić information content (AvgIpc) is 2.90. The first-order valence-corrected chi connectivity index (χ1v) is 6.70. The van der Waals surface area contributed by atoms with Crippen molar-refractivity contribution in [3.05, 3.63) is 45.9 Å². The van der Waals surface area contributed by atoms with E-state index in [9.17, 15) is 9.90 Å². The number of aromatic hydroxyl groups is 1. The Bertz CT molecular complexity index is 670. The minimum absolute atomic E-state index is 0.0341. The van der Waals surface area contributed by atoms with Crippen LogP contribution in [0.2, 0.25) is 0 Å². The molecule has 0 bridgehead atoms. The maximum absolute atomic E-state index is 11.8. The summed E-state index contributed by atoms with van der Waals surface area (Å²) in [6.07, 6.45) is 2.68. The van der Waals surface area contributed by atoms with Crippen molar-refractivity contribution in [1.82, 2.24) is 10.3 Å². The number of nitrogens with one attached hydrogen (secondary N) is 1. The molecule has 4 N–H and O–H groups in total. The van der Waals surface area contributed by atoms with Gasteiger partial charge in [0.2, 0.25) is 0 Å². The molecule has 20 heavy (non-hydrogen) atoms. The van der Waals surface area contributed by atoms with E-state index < -0.39 is 0 Å². The molecule has 0 saturated carbocycles. The van der Waals surface area contributed by atoms with Crippen LogP contribution in [0, 0.1) is 11.8 Å². The minimum Gasteiger partial charge on any atom is -0.506 e. The van der Waals surface area contributed by atoms with E-state index in [1.165, 1.54) is 29.8 Å². The number of carbonyl (C=O) groups excluding carboxylic acids is 1. The molecule has 0 aromatic carbocycles. The summed E-state index contributed by atoms with van der Waals surface area (Å²) in [6, 6.07) is 5.17. The van der Waals surface area contributed by atoms with Crippen molar-refractivity contribution < 1.29 is 9.90 Å². The van der Waals surface area contributed by atoms with Crippen molar-refractivity contribution in [3.63, 3.8) is 0 Å². The fraction of sp³-hybridized carbons (Fsp3) is 0.143. The zero-order valence-corrected chi connectivity index (χ0v) is 11.4. The highest BCUT2D eigenvalue weighted by atomic mass is 32.1. The number of pyridine rings is 1. The number of hydrogen-bond donors (Lipinski definition) is 3. The van der Waals surface area contributed by atoms with E-state index in [1.54, 1.807) is 0 Å². The molecule has 0 atom stereocenters. The van der Waals surface area contributed by atoms with Gasteiger partial charge in [0.15, 0.2) is 0 Å². The van der Waals surface area contributed by atoms with E-state index in [2.05, 4.69) is 22.1 Å². The lowest BCUT2D eigenvalue weighted by Gasteiger charge is -2.03. The molecule has 0 saturated heterocycles. The number of carbonyl (C=O) groups is 1. The Hall–Kier alpha value is -2.36. The van der Waals surface area contributed by atoms with E-state index in [0.29, 0.717) is 18.7 Å². The van der Waals surface area contributed by atoms with Gasteiger partial charge in [-0.05, 0) is 18.2 Å². The summed E-state index contributed by atoms with van der Waals surface area (Å²) in [6.45, 7) is 0.734. The van der Waals surface area contributed by atoms with Crippen molar-refractivity contribution in [2.45, 2.75) is 6.54 Å². The number of amides is 1. The first-order chi connectivity index (χ1) is 9.69. The fourth-order valence-electron chi connectivity index (χ4n) is 1.50. The predicted octanol–water partition coefficient (Wildman–Crippen LogP) is 1.09. The Morgan fingerprint density at radius 1 is 1.45 bits per heavy atom. The van der Waals surface area contributed by atoms with Crippen molar-refractivity contribution in [1.29, 1.82) is 0 Å². The Labute approximate surface area is 120 Å². The van der Waals surface area contributed by atoms with Crippen LogP contribution in [0.5, 0.6) is 5.75 Å². The SMILES string of the molecule is NCC#Cc1ccc(CNC(=O)c2cncc(O)c2)s1. The van der Waals surface area contributed by atoms with Gasteiger partial charge in [-0.1, -0.05) is 11.8 Å². The van der Waals surface area contributed by atoms with E-state index in [1.807, 2.05) is 12.1 Å². The van der Waals surface area contributed by atoms with Gasteiger partial charge in [0.25, 0.3) is 5.91 Å². The molecule has 0 fully saturated rings. The van der Waals surface area contributed by atoms with Crippen molar-refractivity contribution >= 4 is 17.2 Å². The molecular weight excluding hydrogens is 274 g/mol. The van der Waals surface area contributed by atoms with Crippen LogP contribution in [0.1, 0.15) is 20.1 Å². The van der Waals surface area contributed by atoms with Gasteiger partial charge in [0.05, 0.1) is 29.7 Å². The summed E-state index contributed by atoms with van der Waals surface area (Å²) in [7, 11) is 0. The number of hydrogen-bond acceptors (Lipinski definition) is 5. The molecule has 2 heterocycles. The lowest BCUT2D eigenvalue weighted by Crippen LogP contribution is -2.22. The molecule has 0 unspecified atom stereocenters. The Morgan fingerprint density at radius 2 is 2.30 bits per heavy atom. The summed E-state index contributed by atoms with van der Waals surface area (Å²) in [4.78, 5) is 17.5. The van der Waals surface area contributed by atoms with Crippen LogP contribution in [-0.2, 0) is 6.54 Å². The monoisotopic (exact) mass is 287 g/mol. The van der Waals surface area contributed by atoms with Crippen molar-refractivity contribution in [3.8, 4) is 17.6 Å². The second-order valence-electron chi connectivity index (χ2n) is 3.89. The van der Waals surface area contributed by atoms with Gasteiger partial charge in [-0.2, -0.15) is 0 Å². The zero-order chi connectivity index (χ0) is 14.4. The maximum atomic E-state index is 11.8. The topological polar surface area (TPSA) is 88.2 Å². The normalized spacial score (nSPS) is 9.65. The molecular formula is C14H13N3O2S. The third-order valence-corrected chi connectivity index (χ3v) is 3.39. The standard InChI is InChI=1S/C14H13N3O2S/c15-5-1-2-12-3-4-13(20-12)9-17-14(19)10-6-11(18)8-16-7-10/h3-4,6-8,18H,5,9,15H2,(H,17,19). The minimum atomic E-state index is -0.281. The van der Waals surface area contributed by atoms with E-state index in [0.717, 1.165) is 9.75 Å². The van der Waals surface area contributed by atoms with Crippen LogP contribution in [0.3, 0.4) is 0 Å². The largest absolute Gasteiger partial charge is 0.506 e. The molecule has 0 spiro atoms. The number of rotatable bonds is 3. The van der Waals surface area contributed by atoms with Crippen molar-refractivity contribution in [2.24, 2.45) is 5.73 Å². The van der Waals surface area contributed by atoms with E-state index >= 15 is 0 Å². The number of nitrogens with two attached hydrogens (primary N) is 1. The van der Waals surface area contributed by atoms with Crippen LogP contribution >= 0.6 is 11.3 Å². The molecule has 6 heteroatoms. The second kappa shape index (κ2) is 6.70. The number of aromatic nitrogens is 1. The Balaban J connectivity index is 1.95. The summed E-state index contributed by atoms with van der Waals surface area (Å²) < 4.78 is 0. The molecule has 0 aliphatic rings. The Morgan fingerprint density at radius 3 is 3.05 bits per heavy atom. The van der Waals surface area contributed by atoms with Gasteiger partial charge in [-0.15, -0.1) is 11.3 Å². The van der Waals surface area contributed by atoms with Gasteiger partial charge in [-0.25, -0.2) is 0 Å². The second-order valence-corrected chi connectivity index (χ2v) is 5.05. The van der Waals surface area contributed by atoms with Crippen LogP contribution in [0.15, 0.2) is 30.6 Å². The molecule has 2 aromatic heterocycles. The average molecular weight is 287 g/mol. The summed E-state index contributed by atoms with van der Waals surface area (Å²) in [5.74, 6) is 5.40. The molecule has 5 nitrogen and oxygen atoms in total. The highest BCUT2D eigenvalue weighted by Gasteiger charge is 2.07. The molecule has 1 amide bonds. The third-order valence-electron chi connectivity index (χ3n) is 2.38. The zero-order valence-electron chi connectivity index (χ0n) is 10.6. The number of thiophene rings is 1. The van der Waals surface area contributed by atoms with Crippen LogP contribution < -0.4 is 11.1 Å². The van der Waals surface area contributed by atoms with Gasteiger partial charge in [0, 0.05) is 11.1 Å². The summed E-state index contributed by atoms with van der Waals surface area (Å²) in [5, 5.41) is 12.0. The summed E-state index contributed by atoms with van der Waals surface area (Å²) in [5.41, 5.74) is 5.63. The Kier molecular flexibility index (Phi) is 4.71. The first-order valence-electron chi connectivity index (χ1n) is 5.89. The van der Waals surface area contributed by atoms with E-state index in [-0.39, 0.29) is 11.7 Å². The van der Waals surface area contributed by atoms with Crippen LogP contribution in [0.25, 0.3) is 0 Å². The smallest absolute Gasteiger partial charge is 0.253 e. The molecule has 0 aliphatic carbocycles. The molecule has 102 valence electrons. The number of nitrogens with zero attached hydrogens (tertiary/aromatic N) is 1. The van der Waals surface area contributed by atoms with Crippen molar-refractivity contribution in [2.75, 3.05) is 6.54 Å². The van der Waals surface area contributed by atoms with Gasteiger partial charge in [0.1, 0.15) is 5.75 Å². The molecule has 0 radical (unpaired) electrons. The highest BCUT2D eigenvalue weighted by Crippen LogP contribution is 2.15. The molecule has 2 rings (SSSR count). The quantitative estimate of drug-likeness (QED) is 0.737. The highest BCUT2D eigenvalue weighted by molar-refractivity contribution is 7.12. The predicted molar refractivity (Wildman–Crippen MR) is 77.3 cm³/mol. The van der Waals surface area contributed by atoms with Gasteiger partial charge < -0.3 is 16.2 Å². The lowest BCUT2D eigenvalue weighted by molar-refractivity contribution is 0.0950. The third kappa shape index (κ3) is 3.82. The van der Waals surface area contributed by atoms with Gasteiger partial charge >= 0.3 is 0 Å². The lowest BCUT2D eigenvalue weighted by atomic mass is 10.2. The fourth-order valence-corrected chi connectivity index (χ4v) is 2.32. The maximum Gasteiger partial charge on any atom is 0.253 e. The first kappa shape index (κ1) is 14.1.